The Hall–Kier alpha value is -3.68. The fourth-order valence-corrected chi connectivity index (χ4v) is 3.30. The average molecular weight is 394 g/mol. The van der Waals surface area contributed by atoms with Gasteiger partial charge < -0.3 is 15.2 Å². The van der Waals surface area contributed by atoms with E-state index < -0.39 is 17.4 Å². The van der Waals surface area contributed by atoms with Crippen LogP contribution in [-0.2, 0) is 12.1 Å². The van der Waals surface area contributed by atoms with Gasteiger partial charge in [0.15, 0.2) is 5.82 Å². The monoisotopic (exact) mass is 394 g/mol. The highest BCUT2D eigenvalue weighted by Crippen LogP contribution is 2.42. The van der Waals surface area contributed by atoms with Crippen LogP contribution in [-0.4, -0.2) is 21.2 Å². The van der Waals surface area contributed by atoms with E-state index in [1.165, 1.54) is 11.0 Å². The Morgan fingerprint density at radius 2 is 2.03 bits per heavy atom. The van der Waals surface area contributed by atoms with Gasteiger partial charge in [-0.05, 0) is 38.1 Å². The minimum absolute atomic E-state index is 0.0278. The van der Waals surface area contributed by atoms with Crippen molar-refractivity contribution in [2.45, 2.75) is 25.9 Å². The first-order valence-corrected chi connectivity index (χ1v) is 8.98. The van der Waals surface area contributed by atoms with Crippen LogP contribution in [0.4, 0.5) is 14.9 Å². The highest BCUT2D eigenvalue weighted by molar-refractivity contribution is 5.76. The zero-order valence-corrected chi connectivity index (χ0v) is 15.9. The fourth-order valence-electron chi connectivity index (χ4n) is 3.30. The van der Waals surface area contributed by atoms with Crippen LogP contribution >= 0.6 is 0 Å². The number of halogens is 1. The van der Waals surface area contributed by atoms with Crippen molar-refractivity contribution in [1.29, 1.82) is 0 Å². The van der Waals surface area contributed by atoms with Gasteiger partial charge in [-0.3, -0.25) is 4.90 Å². The normalized spacial score (nSPS) is 14.9. The smallest absolute Gasteiger partial charge is 0.416 e. The molecule has 1 aromatic heterocycles. The highest BCUT2D eigenvalue weighted by Gasteiger charge is 2.41. The van der Waals surface area contributed by atoms with Crippen molar-refractivity contribution in [2.75, 3.05) is 5.73 Å². The van der Waals surface area contributed by atoms with Crippen molar-refractivity contribution < 1.29 is 18.7 Å². The number of carbonyl (C=O) groups excluding carboxylic acids is 1. The summed E-state index contributed by atoms with van der Waals surface area (Å²) in [6.45, 7) is 3.78. The molecular weight excluding hydrogens is 375 g/mol. The summed E-state index contributed by atoms with van der Waals surface area (Å²) in [6.07, 6.45) is 0.961. The van der Waals surface area contributed by atoms with Gasteiger partial charge in [0.05, 0.1) is 17.8 Å². The number of hydrogen-bond donors (Lipinski definition) is 1. The number of rotatable bonds is 4. The Kier molecular flexibility index (Phi) is 4.54. The van der Waals surface area contributed by atoms with Crippen molar-refractivity contribution in [3.05, 3.63) is 71.7 Å². The lowest BCUT2D eigenvalue weighted by Crippen LogP contribution is -2.50. The summed E-state index contributed by atoms with van der Waals surface area (Å²) in [5.41, 5.74) is 6.04. The van der Waals surface area contributed by atoms with Gasteiger partial charge in [0.1, 0.15) is 11.5 Å². The number of nitrogens with zero attached hydrogens (tertiary/aromatic N) is 3. The predicted molar refractivity (Wildman–Crippen MR) is 104 cm³/mol. The molecule has 0 atom stereocenters. The molecule has 7 nitrogen and oxygen atoms in total. The van der Waals surface area contributed by atoms with Crippen LogP contribution in [0.1, 0.15) is 25.0 Å². The second kappa shape index (κ2) is 7.05. The molecule has 0 aliphatic carbocycles. The van der Waals surface area contributed by atoms with E-state index in [-0.39, 0.29) is 12.2 Å². The molecule has 0 bridgehead atoms. The van der Waals surface area contributed by atoms with Crippen molar-refractivity contribution in [1.82, 2.24) is 15.1 Å². The fraction of sp³-hybridized carbons (Fsp3) is 0.190. The van der Waals surface area contributed by atoms with Gasteiger partial charge in [0.2, 0.25) is 5.88 Å². The second-order valence-corrected chi connectivity index (χ2v) is 7.16. The summed E-state index contributed by atoms with van der Waals surface area (Å²) >= 11 is 0. The minimum Gasteiger partial charge on any atom is -0.437 e. The predicted octanol–water partition coefficient (Wildman–Crippen LogP) is 4.24. The maximum absolute atomic E-state index is 14.4. The third kappa shape index (κ3) is 3.44. The number of fused-ring (bicyclic) bond motifs is 1. The van der Waals surface area contributed by atoms with Crippen LogP contribution in [0.15, 0.2) is 54.7 Å². The quantitative estimate of drug-likeness (QED) is 0.666. The Morgan fingerprint density at radius 1 is 1.21 bits per heavy atom. The molecule has 0 fully saturated rings. The van der Waals surface area contributed by atoms with E-state index in [4.69, 9.17) is 15.2 Å². The van der Waals surface area contributed by atoms with E-state index in [1.807, 2.05) is 19.9 Å². The first-order valence-electron chi connectivity index (χ1n) is 8.98. The molecule has 4 rings (SSSR count). The lowest BCUT2D eigenvalue weighted by Gasteiger charge is -2.42. The molecule has 0 radical (unpaired) electrons. The number of benzene rings is 2. The SMILES string of the molecule is CC1(C)c2ccc(Oc3cccnn3)cc2OC(=O)N1Cc1cccc(N)c1F. The van der Waals surface area contributed by atoms with Gasteiger partial charge in [-0.2, -0.15) is 5.10 Å². The summed E-state index contributed by atoms with van der Waals surface area (Å²) in [4.78, 5) is 14.2. The van der Waals surface area contributed by atoms with E-state index in [2.05, 4.69) is 10.2 Å². The molecule has 29 heavy (non-hydrogen) atoms. The van der Waals surface area contributed by atoms with Crippen LogP contribution in [0.3, 0.4) is 0 Å². The van der Waals surface area contributed by atoms with E-state index in [0.717, 1.165) is 5.56 Å². The van der Waals surface area contributed by atoms with Gasteiger partial charge in [-0.25, -0.2) is 9.18 Å². The molecule has 148 valence electrons. The molecule has 1 aliphatic heterocycles. The topological polar surface area (TPSA) is 90.6 Å². The van der Waals surface area contributed by atoms with E-state index in [9.17, 15) is 9.18 Å². The summed E-state index contributed by atoms with van der Waals surface area (Å²) in [5.74, 6) is 0.635. The molecule has 0 spiro atoms. The Bertz CT molecular complexity index is 1070. The van der Waals surface area contributed by atoms with E-state index in [0.29, 0.717) is 22.9 Å². The summed E-state index contributed by atoms with van der Waals surface area (Å²) in [7, 11) is 0. The number of amides is 1. The molecule has 1 amide bonds. The number of carbonyl (C=O) groups is 1. The van der Waals surface area contributed by atoms with Gasteiger partial charge in [0.25, 0.3) is 0 Å². The van der Waals surface area contributed by atoms with Crippen LogP contribution in [0.25, 0.3) is 0 Å². The molecule has 2 N–H and O–H groups in total. The molecule has 8 heteroatoms. The molecular formula is C21H19FN4O3. The van der Waals surface area contributed by atoms with Crippen molar-refractivity contribution in [2.24, 2.45) is 0 Å². The number of ether oxygens (including phenoxy) is 2. The number of nitrogen functional groups attached to an aromatic ring is 1. The van der Waals surface area contributed by atoms with Gasteiger partial charge >= 0.3 is 6.09 Å². The summed E-state index contributed by atoms with van der Waals surface area (Å²) < 4.78 is 25.5. The first-order chi connectivity index (χ1) is 13.9. The number of anilines is 1. The molecule has 3 aromatic rings. The maximum atomic E-state index is 14.4. The molecule has 1 aliphatic rings. The third-order valence-corrected chi connectivity index (χ3v) is 4.91. The molecule has 0 saturated heterocycles. The highest BCUT2D eigenvalue weighted by atomic mass is 19.1. The van der Waals surface area contributed by atoms with Crippen molar-refractivity contribution >= 4 is 11.8 Å². The zero-order chi connectivity index (χ0) is 20.6. The number of aromatic nitrogens is 2. The Labute approximate surface area is 166 Å². The lowest BCUT2D eigenvalue weighted by molar-refractivity contribution is 0.0735. The average Bonchev–Trinajstić information content (AvgIpc) is 2.69. The van der Waals surface area contributed by atoms with Crippen LogP contribution in [0.2, 0.25) is 0 Å². The second-order valence-electron chi connectivity index (χ2n) is 7.16. The van der Waals surface area contributed by atoms with Gasteiger partial charge in [-0.1, -0.05) is 12.1 Å². The van der Waals surface area contributed by atoms with Gasteiger partial charge in [-0.15, -0.1) is 5.10 Å². The van der Waals surface area contributed by atoms with Gasteiger partial charge in [0, 0.05) is 29.5 Å². The maximum Gasteiger partial charge on any atom is 0.416 e. The number of nitrogens with two attached hydrogens (primary N) is 1. The largest absolute Gasteiger partial charge is 0.437 e. The first kappa shape index (κ1) is 18.7. The third-order valence-electron chi connectivity index (χ3n) is 4.91. The van der Waals surface area contributed by atoms with Crippen molar-refractivity contribution in [3.63, 3.8) is 0 Å². The Balaban J connectivity index is 1.64. The molecule has 0 unspecified atom stereocenters. The standard InChI is InChI=1S/C21H19FN4O3/c1-21(2)15-9-8-14(28-18-7-4-10-24-25-18)11-17(15)29-20(27)26(21)12-13-5-3-6-16(23)19(13)22/h3-11H,12,23H2,1-2H3. The van der Waals surface area contributed by atoms with E-state index in [1.54, 1.807) is 42.6 Å². The molecule has 2 aromatic carbocycles. The number of hydrogen-bond acceptors (Lipinski definition) is 6. The lowest BCUT2D eigenvalue weighted by atomic mass is 9.89. The van der Waals surface area contributed by atoms with Crippen LogP contribution < -0.4 is 15.2 Å². The summed E-state index contributed by atoms with van der Waals surface area (Å²) in [6, 6.07) is 13.3. The zero-order valence-electron chi connectivity index (χ0n) is 15.9. The molecule has 2 heterocycles. The van der Waals surface area contributed by atoms with Crippen LogP contribution in [0, 0.1) is 5.82 Å². The van der Waals surface area contributed by atoms with Crippen molar-refractivity contribution in [3.8, 4) is 17.4 Å². The van der Waals surface area contributed by atoms with Crippen LogP contribution in [0.5, 0.6) is 17.4 Å². The minimum atomic E-state index is -0.743. The Morgan fingerprint density at radius 3 is 2.79 bits per heavy atom. The molecule has 0 saturated carbocycles. The van der Waals surface area contributed by atoms with E-state index >= 15 is 0 Å². The summed E-state index contributed by atoms with van der Waals surface area (Å²) in [5, 5.41) is 7.63.